The zero-order valence-corrected chi connectivity index (χ0v) is 14.5. The SMILES string of the molecule is CCC1CN(S(=O)(=O)c2cccc(C(C)NC)c2)CCS1. The molecule has 1 aromatic rings. The van der Waals surface area contributed by atoms with Gasteiger partial charge in [-0.15, -0.1) is 0 Å². The van der Waals surface area contributed by atoms with E-state index in [2.05, 4.69) is 12.2 Å². The van der Waals surface area contributed by atoms with Crippen LogP contribution in [0.3, 0.4) is 0 Å². The van der Waals surface area contributed by atoms with Crippen LogP contribution >= 0.6 is 11.8 Å². The van der Waals surface area contributed by atoms with E-state index in [9.17, 15) is 8.42 Å². The van der Waals surface area contributed by atoms with Crippen molar-refractivity contribution in [3.63, 3.8) is 0 Å². The smallest absolute Gasteiger partial charge is 0.243 e. The zero-order valence-electron chi connectivity index (χ0n) is 12.9. The molecule has 1 saturated heterocycles. The summed E-state index contributed by atoms with van der Waals surface area (Å²) in [6.45, 7) is 5.37. The molecule has 2 unspecified atom stereocenters. The molecule has 0 aromatic heterocycles. The Bertz CT molecular complexity index is 575. The molecule has 0 bridgehead atoms. The number of sulfonamides is 1. The molecule has 21 heavy (non-hydrogen) atoms. The molecule has 2 rings (SSSR count). The van der Waals surface area contributed by atoms with E-state index < -0.39 is 10.0 Å². The van der Waals surface area contributed by atoms with Crippen LogP contribution in [-0.2, 0) is 10.0 Å². The Kier molecular flexibility index (Phi) is 5.71. The van der Waals surface area contributed by atoms with Crippen molar-refractivity contribution in [1.82, 2.24) is 9.62 Å². The third kappa shape index (κ3) is 3.80. The monoisotopic (exact) mass is 328 g/mol. The molecule has 0 saturated carbocycles. The first-order valence-electron chi connectivity index (χ1n) is 7.38. The second-order valence-corrected chi connectivity index (χ2v) is 8.69. The van der Waals surface area contributed by atoms with Gasteiger partial charge >= 0.3 is 0 Å². The summed E-state index contributed by atoms with van der Waals surface area (Å²) in [4.78, 5) is 0.406. The van der Waals surface area contributed by atoms with E-state index in [1.807, 2.05) is 37.9 Å². The highest BCUT2D eigenvalue weighted by atomic mass is 32.2. The van der Waals surface area contributed by atoms with Crippen LogP contribution in [-0.4, -0.2) is 43.9 Å². The Hall–Kier alpha value is -0.560. The molecule has 4 nitrogen and oxygen atoms in total. The number of thioether (sulfide) groups is 1. The molecule has 2 atom stereocenters. The first kappa shape index (κ1) is 16.8. The van der Waals surface area contributed by atoms with E-state index in [0.717, 1.165) is 17.7 Å². The van der Waals surface area contributed by atoms with Gasteiger partial charge in [0, 0.05) is 30.1 Å². The van der Waals surface area contributed by atoms with Gasteiger partial charge in [0.05, 0.1) is 4.90 Å². The summed E-state index contributed by atoms with van der Waals surface area (Å²) < 4.78 is 27.3. The van der Waals surface area contributed by atoms with Gasteiger partial charge in [0.25, 0.3) is 0 Å². The molecule has 1 N–H and O–H groups in total. The van der Waals surface area contributed by atoms with Crippen LogP contribution in [0.4, 0.5) is 0 Å². The quantitative estimate of drug-likeness (QED) is 0.902. The lowest BCUT2D eigenvalue weighted by atomic mass is 10.1. The lowest BCUT2D eigenvalue weighted by Gasteiger charge is -2.31. The van der Waals surface area contributed by atoms with E-state index in [1.165, 1.54) is 0 Å². The lowest BCUT2D eigenvalue weighted by molar-refractivity contribution is 0.416. The maximum absolute atomic E-state index is 12.8. The third-order valence-corrected chi connectivity index (χ3v) is 7.22. The van der Waals surface area contributed by atoms with Crippen molar-refractivity contribution >= 4 is 21.8 Å². The van der Waals surface area contributed by atoms with Gasteiger partial charge in [0.1, 0.15) is 0 Å². The molecule has 0 spiro atoms. The number of nitrogens with zero attached hydrogens (tertiary/aromatic N) is 1. The van der Waals surface area contributed by atoms with Crippen molar-refractivity contribution < 1.29 is 8.42 Å². The van der Waals surface area contributed by atoms with Gasteiger partial charge in [-0.3, -0.25) is 0 Å². The number of hydrogen-bond donors (Lipinski definition) is 1. The summed E-state index contributed by atoms with van der Waals surface area (Å²) in [5, 5.41) is 3.55. The van der Waals surface area contributed by atoms with E-state index in [4.69, 9.17) is 0 Å². The standard InChI is InChI=1S/C15H24N2O2S2/c1-4-14-11-17(8-9-20-14)21(18,19)15-7-5-6-13(10-15)12(2)16-3/h5-7,10,12,14,16H,4,8-9,11H2,1-3H3. The zero-order chi connectivity index (χ0) is 15.5. The molecule has 1 fully saturated rings. The van der Waals surface area contributed by atoms with Crippen molar-refractivity contribution in [3.05, 3.63) is 29.8 Å². The van der Waals surface area contributed by atoms with Gasteiger partial charge < -0.3 is 5.32 Å². The van der Waals surface area contributed by atoms with Gasteiger partial charge in [-0.05, 0) is 38.1 Å². The molecular formula is C15H24N2O2S2. The maximum Gasteiger partial charge on any atom is 0.243 e. The lowest BCUT2D eigenvalue weighted by Crippen LogP contribution is -2.41. The Morgan fingerprint density at radius 3 is 2.90 bits per heavy atom. The molecule has 1 aliphatic rings. The summed E-state index contributed by atoms with van der Waals surface area (Å²) in [7, 11) is -1.50. The molecule has 1 heterocycles. The highest BCUT2D eigenvalue weighted by Crippen LogP contribution is 2.27. The summed E-state index contributed by atoms with van der Waals surface area (Å²) in [5.41, 5.74) is 0.997. The summed E-state index contributed by atoms with van der Waals surface area (Å²) >= 11 is 1.87. The molecule has 6 heteroatoms. The third-order valence-electron chi connectivity index (χ3n) is 3.99. The van der Waals surface area contributed by atoms with E-state index in [-0.39, 0.29) is 6.04 Å². The summed E-state index contributed by atoms with van der Waals surface area (Å²) in [5.74, 6) is 0.879. The van der Waals surface area contributed by atoms with Crippen molar-refractivity contribution in [1.29, 1.82) is 0 Å². The fraction of sp³-hybridized carbons (Fsp3) is 0.600. The molecule has 1 aromatic carbocycles. The van der Waals surface area contributed by atoms with Crippen molar-refractivity contribution in [2.24, 2.45) is 0 Å². The Morgan fingerprint density at radius 1 is 1.48 bits per heavy atom. The Morgan fingerprint density at radius 2 is 2.24 bits per heavy atom. The minimum absolute atomic E-state index is 0.139. The molecule has 0 radical (unpaired) electrons. The molecule has 0 aliphatic carbocycles. The van der Waals surface area contributed by atoms with Crippen LogP contribution in [0, 0.1) is 0 Å². The van der Waals surface area contributed by atoms with Crippen molar-refractivity contribution in [2.75, 3.05) is 25.9 Å². The molecule has 0 amide bonds. The van der Waals surface area contributed by atoms with Crippen LogP contribution < -0.4 is 5.32 Å². The van der Waals surface area contributed by atoms with E-state index >= 15 is 0 Å². The highest BCUT2D eigenvalue weighted by Gasteiger charge is 2.30. The minimum Gasteiger partial charge on any atom is -0.313 e. The maximum atomic E-state index is 12.8. The number of benzene rings is 1. The molecule has 1 aliphatic heterocycles. The fourth-order valence-electron chi connectivity index (χ4n) is 2.42. The largest absolute Gasteiger partial charge is 0.313 e. The van der Waals surface area contributed by atoms with E-state index in [0.29, 0.717) is 23.2 Å². The first-order chi connectivity index (χ1) is 9.98. The van der Waals surface area contributed by atoms with Gasteiger partial charge in [-0.2, -0.15) is 16.1 Å². The second-order valence-electron chi connectivity index (χ2n) is 5.35. The first-order valence-corrected chi connectivity index (χ1v) is 9.87. The normalized spacial score (nSPS) is 22.1. The Balaban J connectivity index is 2.27. The molecule has 118 valence electrons. The summed E-state index contributed by atoms with van der Waals surface area (Å²) in [6.07, 6.45) is 1.01. The van der Waals surface area contributed by atoms with Crippen LogP contribution in [0.2, 0.25) is 0 Å². The van der Waals surface area contributed by atoms with Crippen LogP contribution in [0.15, 0.2) is 29.2 Å². The predicted octanol–water partition coefficient (Wildman–Crippen LogP) is 2.48. The average Bonchev–Trinajstić information content (AvgIpc) is 2.54. The second kappa shape index (κ2) is 7.13. The number of rotatable bonds is 5. The number of hydrogen-bond acceptors (Lipinski definition) is 4. The van der Waals surface area contributed by atoms with Crippen molar-refractivity contribution in [2.45, 2.75) is 36.5 Å². The highest BCUT2D eigenvalue weighted by molar-refractivity contribution is 8.00. The average molecular weight is 329 g/mol. The van der Waals surface area contributed by atoms with Gasteiger partial charge in [0.2, 0.25) is 10.0 Å². The van der Waals surface area contributed by atoms with Gasteiger partial charge in [-0.1, -0.05) is 19.1 Å². The minimum atomic E-state index is -3.38. The molecular weight excluding hydrogens is 304 g/mol. The van der Waals surface area contributed by atoms with Crippen molar-refractivity contribution in [3.8, 4) is 0 Å². The topological polar surface area (TPSA) is 49.4 Å². The van der Waals surface area contributed by atoms with Crippen LogP contribution in [0.1, 0.15) is 31.9 Å². The predicted molar refractivity (Wildman–Crippen MR) is 89.2 cm³/mol. The fourth-order valence-corrected chi connectivity index (χ4v) is 5.35. The van der Waals surface area contributed by atoms with Gasteiger partial charge in [-0.25, -0.2) is 8.42 Å². The van der Waals surface area contributed by atoms with E-state index in [1.54, 1.807) is 16.4 Å². The Labute approximate surface area is 132 Å². The van der Waals surface area contributed by atoms with Crippen LogP contribution in [0.25, 0.3) is 0 Å². The van der Waals surface area contributed by atoms with Gasteiger partial charge in [0.15, 0.2) is 0 Å². The number of nitrogens with one attached hydrogen (secondary N) is 1. The summed E-state index contributed by atoms with van der Waals surface area (Å²) in [6, 6.07) is 7.41. The van der Waals surface area contributed by atoms with Crippen LogP contribution in [0.5, 0.6) is 0 Å².